The summed E-state index contributed by atoms with van der Waals surface area (Å²) in [6, 6.07) is 14.6. The van der Waals surface area contributed by atoms with Crippen LogP contribution in [-0.2, 0) is 16.6 Å². The third-order valence-electron chi connectivity index (χ3n) is 4.51. The highest BCUT2D eigenvalue weighted by Gasteiger charge is 2.36. The zero-order valence-electron chi connectivity index (χ0n) is 14.2. The van der Waals surface area contributed by atoms with Crippen LogP contribution in [0.3, 0.4) is 0 Å². The largest absolute Gasteiger partial charge is 0.315 e. The number of piperidine rings is 1. The van der Waals surface area contributed by atoms with Gasteiger partial charge in [0.05, 0.1) is 4.92 Å². The van der Waals surface area contributed by atoms with Crippen LogP contribution in [0.15, 0.2) is 59.5 Å². The first-order valence-electron chi connectivity index (χ1n) is 8.50. The fourth-order valence-corrected chi connectivity index (χ4v) is 5.01. The van der Waals surface area contributed by atoms with Crippen LogP contribution in [0.25, 0.3) is 0 Å². The smallest absolute Gasteiger partial charge is 0.289 e. The van der Waals surface area contributed by atoms with Crippen LogP contribution in [0.1, 0.15) is 18.4 Å². The van der Waals surface area contributed by atoms with E-state index in [-0.39, 0.29) is 17.5 Å². The monoisotopic (exact) mass is 375 g/mol. The third-order valence-corrected chi connectivity index (χ3v) is 6.45. The van der Waals surface area contributed by atoms with Crippen molar-refractivity contribution >= 4 is 15.7 Å². The fraction of sp³-hybridized carbons (Fsp3) is 0.333. The Balaban J connectivity index is 2.03. The van der Waals surface area contributed by atoms with Crippen LogP contribution >= 0.6 is 0 Å². The Morgan fingerprint density at radius 1 is 1.12 bits per heavy atom. The van der Waals surface area contributed by atoms with Crippen molar-refractivity contribution < 1.29 is 13.3 Å². The van der Waals surface area contributed by atoms with Crippen molar-refractivity contribution in [1.29, 1.82) is 0 Å². The lowest BCUT2D eigenvalue weighted by Crippen LogP contribution is -2.48. The molecular weight excluding hydrogens is 354 g/mol. The highest BCUT2D eigenvalue weighted by molar-refractivity contribution is 7.89. The molecule has 3 rings (SSSR count). The molecule has 2 aromatic rings. The zero-order valence-corrected chi connectivity index (χ0v) is 15.1. The summed E-state index contributed by atoms with van der Waals surface area (Å²) >= 11 is 0. The van der Waals surface area contributed by atoms with Gasteiger partial charge in [-0.05, 0) is 31.0 Å². The zero-order chi connectivity index (χ0) is 18.6. The molecule has 1 unspecified atom stereocenters. The van der Waals surface area contributed by atoms with E-state index in [4.69, 9.17) is 0 Å². The molecule has 2 aromatic carbocycles. The van der Waals surface area contributed by atoms with Gasteiger partial charge in [0.1, 0.15) is 0 Å². The van der Waals surface area contributed by atoms with E-state index in [0.29, 0.717) is 6.54 Å². The lowest BCUT2D eigenvalue weighted by atomic mass is 10.1. The first-order valence-corrected chi connectivity index (χ1v) is 9.94. The highest BCUT2D eigenvalue weighted by atomic mass is 32.2. The van der Waals surface area contributed by atoms with E-state index in [1.807, 2.05) is 30.3 Å². The Hall–Kier alpha value is -2.29. The van der Waals surface area contributed by atoms with E-state index in [1.54, 1.807) is 0 Å². The standard InChI is InChI=1S/C18H21N3O4S/c22-21(23)17-10-4-5-11-18(17)26(24,25)20(16-9-6-12-19-13-16)14-15-7-2-1-3-8-15/h1-5,7-8,10-11,16,19H,6,9,12-14H2. The SMILES string of the molecule is O=[N+]([O-])c1ccccc1S(=O)(=O)N(Cc1ccccc1)C1CCCNC1. The van der Waals surface area contributed by atoms with Crippen LogP contribution in [-0.4, -0.2) is 36.8 Å². The summed E-state index contributed by atoms with van der Waals surface area (Å²) in [6.07, 6.45) is 1.59. The second kappa shape index (κ2) is 7.94. The summed E-state index contributed by atoms with van der Waals surface area (Å²) in [5.74, 6) is 0. The maximum absolute atomic E-state index is 13.4. The molecule has 1 aliphatic heterocycles. The first kappa shape index (κ1) is 18.5. The van der Waals surface area contributed by atoms with Gasteiger partial charge in [0.2, 0.25) is 0 Å². The number of nitro benzene ring substituents is 1. The Labute approximate surface area is 152 Å². The molecule has 8 heteroatoms. The molecule has 26 heavy (non-hydrogen) atoms. The predicted octanol–water partition coefficient (Wildman–Crippen LogP) is 2.54. The van der Waals surface area contributed by atoms with Crippen LogP contribution < -0.4 is 5.32 Å². The van der Waals surface area contributed by atoms with E-state index in [0.717, 1.165) is 24.9 Å². The Morgan fingerprint density at radius 3 is 2.46 bits per heavy atom. The molecule has 1 fully saturated rings. The number of rotatable bonds is 6. The third kappa shape index (κ3) is 3.92. The van der Waals surface area contributed by atoms with Crippen LogP contribution in [0.4, 0.5) is 5.69 Å². The number of sulfonamides is 1. The number of hydrogen-bond donors (Lipinski definition) is 1. The molecular formula is C18H21N3O4S. The Kier molecular flexibility index (Phi) is 5.65. The summed E-state index contributed by atoms with van der Waals surface area (Å²) in [5.41, 5.74) is 0.453. The van der Waals surface area contributed by atoms with Crippen LogP contribution in [0.2, 0.25) is 0 Å². The molecule has 1 N–H and O–H groups in total. The number of nitrogens with one attached hydrogen (secondary N) is 1. The first-order chi connectivity index (χ1) is 12.5. The fourth-order valence-electron chi connectivity index (χ4n) is 3.21. The lowest BCUT2D eigenvalue weighted by molar-refractivity contribution is -0.387. The topological polar surface area (TPSA) is 92.5 Å². The number of nitro groups is 1. The van der Waals surface area contributed by atoms with Gasteiger partial charge in [0.25, 0.3) is 15.7 Å². The second-order valence-corrected chi connectivity index (χ2v) is 8.12. The van der Waals surface area contributed by atoms with E-state index < -0.39 is 20.6 Å². The molecule has 0 radical (unpaired) electrons. The quantitative estimate of drug-likeness (QED) is 0.619. The van der Waals surface area contributed by atoms with E-state index >= 15 is 0 Å². The number of para-hydroxylation sites is 1. The number of nitrogens with zero attached hydrogens (tertiary/aromatic N) is 2. The lowest BCUT2D eigenvalue weighted by Gasteiger charge is -2.33. The highest BCUT2D eigenvalue weighted by Crippen LogP contribution is 2.30. The average Bonchev–Trinajstić information content (AvgIpc) is 2.67. The molecule has 0 amide bonds. The van der Waals surface area contributed by atoms with Crippen molar-refractivity contribution in [3.63, 3.8) is 0 Å². The van der Waals surface area contributed by atoms with E-state index in [2.05, 4.69) is 5.32 Å². The molecule has 0 aromatic heterocycles. The van der Waals surface area contributed by atoms with Crippen molar-refractivity contribution in [2.45, 2.75) is 30.3 Å². The minimum Gasteiger partial charge on any atom is -0.315 e. The Bertz CT molecular complexity index is 865. The summed E-state index contributed by atoms with van der Waals surface area (Å²) in [7, 11) is -4.02. The van der Waals surface area contributed by atoms with Gasteiger partial charge in [0.15, 0.2) is 4.90 Å². The van der Waals surface area contributed by atoms with Gasteiger partial charge in [0, 0.05) is 25.2 Å². The van der Waals surface area contributed by atoms with Gasteiger partial charge >= 0.3 is 0 Å². The maximum Gasteiger partial charge on any atom is 0.289 e. The molecule has 0 aliphatic carbocycles. The minimum absolute atomic E-state index is 0.182. The second-order valence-electron chi connectivity index (χ2n) is 6.26. The van der Waals surface area contributed by atoms with Crippen LogP contribution in [0, 0.1) is 10.1 Å². The van der Waals surface area contributed by atoms with Crippen molar-refractivity contribution in [3.05, 3.63) is 70.3 Å². The van der Waals surface area contributed by atoms with Gasteiger partial charge in [-0.2, -0.15) is 4.31 Å². The predicted molar refractivity (Wildman–Crippen MR) is 98.2 cm³/mol. The van der Waals surface area contributed by atoms with E-state index in [1.165, 1.54) is 28.6 Å². The Morgan fingerprint density at radius 2 is 1.81 bits per heavy atom. The number of hydrogen-bond acceptors (Lipinski definition) is 5. The van der Waals surface area contributed by atoms with Crippen LogP contribution in [0.5, 0.6) is 0 Å². The van der Waals surface area contributed by atoms with Gasteiger partial charge in [-0.3, -0.25) is 10.1 Å². The van der Waals surface area contributed by atoms with Crippen molar-refractivity contribution in [2.75, 3.05) is 13.1 Å². The van der Waals surface area contributed by atoms with Crippen molar-refractivity contribution in [1.82, 2.24) is 9.62 Å². The maximum atomic E-state index is 13.4. The van der Waals surface area contributed by atoms with Gasteiger partial charge in [-0.1, -0.05) is 42.5 Å². The molecule has 1 heterocycles. The molecule has 1 atom stereocenters. The summed E-state index contributed by atoms with van der Waals surface area (Å²) in [5, 5.41) is 14.6. The normalized spacial score (nSPS) is 18.0. The summed E-state index contributed by atoms with van der Waals surface area (Å²) in [4.78, 5) is 10.4. The van der Waals surface area contributed by atoms with Gasteiger partial charge < -0.3 is 5.32 Å². The molecule has 0 saturated carbocycles. The molecule has 1 saturated heterocycles. The summed E-state index contributed by atoms with van der Waals surface area (Å²) < 4.78 is 28.1. The van der Waals surface area contributed by atoms with Crippen molar-refractivity contribution in [2.24, 2.45) is 0 Å². The van der Waals surface area contributed by atoms with Gasteiger partial charge in [-0.15, -0.1) is 0 Å². The van der Waals surface area contributed by atoms with Gasteiger partial charge in [-0.25, -0.2) is 8.42 Å². The molecule has 138 valence electrons. The molecule has 0 bridgehead atoms. The minimum atomic E-state index is -4.02. The van der Waals surface area contributed by atoms with Crippen molar-refractivity contribution in [3.8, 4) is 0 Å². The molecule has 7 nitrogen and oxygen atoms in total. The number of benzene rings is 2. The summed E-state index contributed by atoms with van der Waals surface area (Å²) in [6.45, 7) is 1.56. The molecule has 0 spiro atoms. The van der Waals surface area contributed by atoms with E-state index in [9.17, 15) is 18.5 Å². The average molecular weight is 375 g/mol. The molecule has 1 aliphatic rings.